The van der Waals surface area contributed by atoms with E-state index in [1.165, 1.54) is 43.3 Å². The Morgan fingerprint density at radius 2 is 1.68 bits per heavy atom. The van der Waals surface area contributed by atoms with Gasteiger partial charge in [0.2, 0.25) is 0 Å². The van der Waals surface area contributed by atoms with E-state index in [1.807, 2.05) is 0 Å². The lowest BCUT2D eigenvalue weighted by Crippen LogP contribution is -2.12. The lowest BCUT2D eigenvalue weighted by Gasteiger charge is -2.12. The van der Waals surface area contributed by atoms with Crippen LogP contribution in [-0.2, 0) is 17.6 Å². The van der Waals surface area contributed by atoms with Crippen LogP contribution in [0.3, 0.4) is 0 Å². The molecule has 0 N–H and O–H groups in total. The second-order valence-corrected chi connectivity index (χ2v) is 4.58. The highest BCUT2D eigenvalue weighted by Crippen LogP contribution is 2.32. The molecule has 22 heavy (non-hydrogen) atoms. The molecule has 6 heteroatoms. The number of hydrogen-bond donors (Lipinski definition) is 0. The molecule has 0 saturated carbocycles. The number of benzene rings is 2. The second-order valence-electron chi connectivity index (χ2n) is 4.58. The predicted octanol–water partition coefficient (Wildman–Crippen LogP) is 4.79. The van der Waals surface area contributed by atoms with Crippen molar-refractivity contribution in [3.8, 4) is 0 Å². The Balaban J connectivity index is 2.15. The Morgan fingerprint density at radius 3 is 2.36 bits per heavy atom. The van der Waals surface area contributed by atoms with E-state index in [-0.39, 0.29) is 23.4 Å². The van der Waals surface area contributed by atoms with E-state index in [0.717, 1.165) is 6.07 Å². The molecular weight excluding hydrogens is 298 g/mol. The largest absolute Gasteiger partial charge is 0.417 e. The number of hydrogen-bond acceptors (Lipinski definition) is 2. The number of rotatable bonds is 4. The Bertz CT molecular complexity index is 680. The first kappa shape index (κ1) is 16.0. The molecule has 0 aliphatic heterocycles. The summed E-state index contributed by atoms with van der Waals surface area (Å²) < 4.78 is 52.1. The van der Waals surface area contributed by atoms with Gasteiger partial charge in [-0.3, -0.25) is 0 Å². The molecule has 0 aromatic heterocycles. The third kappa shape index (κ3) is 3.84. The normalized spacial score (nSPS) is 12.3. The average molecular weight is 311 g/mol. The highest BCUT2D eigenvalue weighted by atomic mass is 19.4. The Labute approximate surface area is 125 Å². The van der Waals surface area contributed by atoms with Crippen LogP contribution in [0.5, 0.6) is 0 Å². The first-order chi connectivity index (χ1) is 10.4. The minimum atomic E-state index is -4.47. The summed E-state index contributed by atoms with van der Waals surface area (Å²) in [5.74, 6) is -0.453. The number of halogens is 4. The summed E-state index contributed by atoms with van der Waals surface area (Å²) in [7, 11) is 0. The summed E-state index contributed by atoms with van der Waals surface area (Å²) in [5.41, 5.74) is -0.498. The van der Waals surface area contributed by atoms with Gasteiger partial charge in [-0.2, -0.15) is 13.2 Å². The molecule has 0 fully saturated rings. The van der Waals surface area contributed by atoms with Crippen molar-refractivity contribution in [2.24, 2.45) is 5.16 Å². The zero-order valence-corrected chi connectivity index (χ0v) is 11.7. The zero-order valence-electron chi connectivity index (χ0n) is 11.7. The molecule has 0 amide bonds. The highest BCUT2D eigenvalue weighted by Gasteiger charge is 2.33. The van der Waals surface area contributed by atoms with Gasteiger partial charge in [-0.1, -0.05) is 41.6 Å². The van der Waals surface area contributed by atoms with Gasteiger partial charge in [-0.05, 0) is 19.1 Å². The van der Waals surface area contributed by atoms with E-state index in [9.17, 15) is 17.6 Å². The maximum atomic E-state index is 13.4. The standard InChI is InChI=1S/C16H13F4NO/c1-11(13-7-3-4-8-14(13)16(18,19)20)21-22-10-12-6-2-5-9-15(12)17/h2-9H,10H2,1H3. The fourth-order valence-corrected chi connectivity index (χ4v) is 1.91. The van der Waals surface area contributed by atoms with Crippen LogP contribution >= 0.6 is 0 Å². The first-order valence-corrected chi connectivity index (χ1v) is 6.46. The van der Waals surface area contributed by atoms with E-state index in [4.69, 9.17) is 4.84 Å². The topological polar surface area (TPSA) is 21.6 Å². The maximum absolute atomic E-state index is 13.4. The molecule has 2 rings (SSSR count). The molecule has 0 aliphatic carbocycles. The molecule has 0 spiro atoms. The van der Waals surface area contributed by atoms with Gasteiger partial charge in [0, 0.05) is 11.1 Å². The van der Waals surface area contributed by atoms with Crippen LogP contribution in [-0.4, -0.2) is 5.71 Å². The Hall–Kier alpha value is -2.37. The molecule has 2 aromatic rings. The lowest BCUT2D eigenvalue weighted by atomic mass is 10.0. The van der Waals surface area contributed by atoms with E-state index >= 15 is 0 Å². The van der Waals surface area contributed by atoms with Crippen LogP contribution in [0.1, 0.15) is 23.6 Å². The molecule has 0 aliphatic rings. The van der Waals surface area contributed by atoms with Crippen LogP contribution in [0, 0.1) is 5.82 Å². The van der Waals surface area contributed by atoms with Gasteiger partial charge < -0.3 is 4.84 Å². The molecule has 0 atom stereocenters. The van der Waals surface area contributed by atoms with E-state index < -0.39 is 17.6 Å². The van der Waals surface area contributed by atoms with E-state index in [0.29, 0.717) is 0 Å². The van der Waals surface area contributed by atoms with Crippen molar-refractivity contribution >= 4 is 5.71 Å². The van der Waals surface area contributed by atoms with Gasteiger partial charge in [0.25, 0.3) is 0 Å². The lowest BCUT2D eigenvalue weighted by molar-refractivity contribution is -0.137. The monoisotopic (exact) mass is 311 g/mol. The van der Waals surface area contributed by atoms with Gasteiger partial charge in [-0.25, -0.2) is 4.39 Å². The third-order valence-electron chi connectivity index (χ3n) is 3.00. The minimum absolute atomic E-state index is 0.0662. The van der Waals surface area contributed by atoms with Crippen LogP contribution in [0.2, 0.25) is 0 Å². The van der Waals surface area contributed by atoms with Crippen molar-refractivity contribution in [2.75, 3.05) is 0 Å². The van der Waals surface area contributed by atoms with Crippen molar-refractivity contribution in [3.05, 3.63) is 71.0 Å². The Morgan fingerprint density at radius 1 is 1.05 bits per heavy atom. The average Bonchev–Trinajstić information content (AvgIpc) is 2.48. The van der Waals surface area contributed by atoms with Gasteiger partial charge >= 0.3 is 6.18 Å². The smallest absolute Gasteiger partial charge is 0.391 e. The minimum Gasteiger partial charge on any atom is -0.391 e. The molecule has 0 unspecified atom stereocenters. The molecule has 2 aromatic carbocycles. The fourth-order valence-electron chi connectivity index (χ4n) is 1.91. The molecule has 0 radical (unpaired) electrons. The zero-order chi connectivity index (χ0) is 16.2. The number of alkyl halides is 3. The van der Waals surface area contributed by atoms with E-state index in [2.05, 4.69) is 5.16 Å². The van der Waals surface area contributed by atoms with Gasteiger partial charge in [0.15, 0.2) is 0 Å². The van der Waals surface area contributed by atoms with Crippen molar-refractivity contribution in [2.45, 2.75) is 19.7 Å². The molecular formula is C16H13F4NO. The predicted molar refractivity (Wildman–Crippen MR) is 74.8 cm³/mol. The van der Waals surface area contributed by atoms with Crippen LogP contribution in [0.15, 0.2) is 53.7 Å². The van der Waals surface area contributed by atoms with Crippen molar-refractivity contribution in [3.63, 3.8) is 0 Å². The Kier molecular flexibility index (Phi) is 4.80. The fraction of sp³-hybridized carbons (Fsp3) is 0.188. The van der Waals surface area contributed by atoms with Gasteiger partial charge in [-0.15, -0.1) is 0 Å². The number of oxime groups is 1. The first-order valence-electron chi connectivity index (χ1n) is 6.46. The highest BCUT2D eigenvalue weighted by molar-refractivity contribution is 5.99. The molecule has 0 heterocycles. The van der Waals surface area contributed by atoms with E-state index in [1.54, 1.807) is 6.07 Å². The molecule has 0 saturated heterocycles. The molecule has 2 nitrogen and oxygen atoms in total. The maximum Gasteiger partial charge on any atom is 0.417 e. The summed E-state index contributed by atoms with van der Waals surface area (Å²) >= 11 is 0. The van der Waals surface area contributed by atoms with Crippen LogP contribution < -0.4 is 0 Å². The van der Waals surface area contributed by atoms with Crippen molar-refractivity contribution in [1.82, 2.24) is 0 Å². The molecule has 116 valence electrons. The summed E-state index contributed by atoms with van der Waals surface area (Å²) in [6.45, 7) is 1.25. The third-order valence-corrected chi connectivity index (χ3v) is 3.00. The summed E-state index contributed by atoms with van der Waals surface area (Å²) in [6, 6.07) is 11.0. The van der Waals surface area contributed by atoms with Gasteiger partial charge in [0.1, 0.15) is 12.4 Å². The molecule has 0 bridgehead atoms. The second kappa shape index (κ2) is 6.60. The van der Waals surface area contributed by atoms with Gasteiger partial charge in [0.05, 0.1) is 11.3 Å². The van der Waals surface area contributed by atoms with Crippen LogP contribution in [0.25, 0.3) is 0 Å². The summed E-state index contributed by atoms with van der Waals surface area (Å²) in [4.78, 5) is 4.97. The van der Waals surface area contributed by atoms with Crippen molar-refractivity contribution < 1.29 is 22.4 Å². The number of nitrogens with zero attached hydrogens (tertiary/aromatic N) is 1. The summed E-state index contributed by atoms with van der Waals surface area (Å²) in [5, 5.41) is 3.65. The quantitative estimate of drug-likeness (QED) is 0.452. The SMILES string of the molecule is CC(=NOCc1ccccc1F)c1ccccc1C(F)(F)F. The van der Waals surface area contributed by atoms with Crippen LogP contribution in [0.4, 0.5) is 17.6 Å². The van der Waals surface area contributed by atoms with Crippen molar-refractivity contribution in [1.29, 1.82) is 0 Å². The summed E-state index contributed by atoms with van der Waals surface area (Å²) in [6.07, 6.45) is -4.47.